The summed E-state index contributed by atoms with van der Waals surface area (Å²) in [6.07, 6.45) is 2.21. The third kappa shape index (κ3) is 4.25. The molecule has 2 unspecified atom stereocenters. The highest BCUT2D eigenvalue weighted by Crippen LogP contribution is 2.50. The van der Waals surface area contributed by atoms with Crippen molar-refractivity contribution in [2.45, 2.75) is 25.2 Å². The topological polar surface area (TPSA) is 58.6 Å². The number of likely N-dealkylation sites (tertiary alicyclic amines) is 1. The van der Waals surface area contributed by atoms with Gasteiger partial charge in [0, 0.05) is 29.9 Å². The first kappa shape index (κ1) is 19.8. The number of amides is 2. The molecule has 0 aromatic heterocycles. The quantitative estimate of drug-likeness (QED) is 0.795. The molecule has 1 N–H and O–H groups in total. The molecule has 0 radical (unpaired) electrons. The molecule has 29 heavy (non-hydrogen) atoms. The molecule has 0 spiro atoms. The van der Waals surface area contributed by atoms with Crippen LogP contribution in [0.2, 0.25) is 5.02 Å². The van der Waals surface area contributed by atoms with Crippen LogP contribution in [0.4, 0.5) is 5.69 Å². The number of rotatable bonds is 5. The zero-order chi connectivity index (χ0) is 20.4. The summed E-state index contributed by atoms with van der Waals surface area (Å²) in [6, 6.07) is 15.1. The number of benzene rings is 2. The van der Waals surface area contributed by atoms with Crippen molar-refractivity contribution in [3.8, 4) is 5.75 Å². The predicted octanol–water partition coefficient (Wildman–Crippen LogP) is 4.33. The Hall–Kier alpha value is -2.53. The van der Waals surface area contributed by atoms with Gasteiger partial charge in [-0.3, -0.25) is 9.59 Å². The Morgan fingerprint density at radius 2 is 1.76 bits per heavy atom. The summed E-state index contributed by atoms with van der Waals surface area (Å²) in [5.41, 5.74) is 1.75. The minimum atomic E-state index is -0.0949. The lowest BCUT2D eigenvalue weighted by Crippen LogP contribution is -2.42. The summed E-state index contributed by atoms with van der Waals surface area (Å²) in [4.78, 5) is 27.4. The molecule has 2 fully saturated rings. The van der Waals surface area contributed by atoms with Gasteiger partial charge in [0.15, 0.2) is 0 Å². The van der Waals surface area contributed by atoms with Crippen LogP contribution in [0.1, 0.15) is 30.7 Å². The van der Waals surface area contributed by atoms with Gasteiger partial charge in [0.25, 0.3) is 0 Å². The van der Waals surface area contributed by atoms with Gasteiger partial charge in [-0.2, -0.15) is 0 Å². The van der Waals surface area contributed by atoms with Crippen LogP contribution in [-0.2, 0) is 9.59 Å². The van der Waals surface area contributed by atoms with E-state index in [1.165, 1.54) is 0 Å². The highest BCUT2D eigenvalue weighted by Gasteiger charge is 2.47. The number of nitrogens with zero attached hydrogens (tertiary/aromatic N) is 1. The van der Waals surface area contributed by atoms with E-state index >= 15 is 0 Å². The number of hydrogen-bond donors (Lipinski definition) is 1. The summed E-state index contributed by atoms with van der Waals surface area (Å²) >= 11 is 6.28. The van der Waals surface area contributed by atoms with Gasteiger partial charge in [-0.05, 0) is 48.9 Å². The fourth-order valence-electron chi connectivity index (χ4n) is 4.17. The second-order valence-corrected chi connectivity index (χ2v) is 8.17. The van der Waals surface area contributed by atoms with Crippen LogP contribution in [0, 0.1) is 11.8 Å². The van der Waals surface area contributed by atoms with E-state index in [9.17, 15) is 9.59 Å². The van der Waals surface area contributed by atoms with E-state index in [1.54, 1.807) is 7.11 Å². The number of para-hydroxylation sites is 2. The maximum Gasteiger partial charge on any atom is 0.227 e. The largest absolute Gasteiger partial charge is 0.495 e. The van der Waals surface area contributed by atoms with Crippen molar-refractivity contribution >= 4 is 29.1 Å². The monoisotopic (exact) mass is 412 g/mol. The SMILES string of the molecule is COc1ccccc1NC(=O)C1CCN(C(=O)C2CC2c2ccccc2Cl)CC1. The van der Waals surface area contributed by atoms with Gasteiger partial charge in [-0.25, -0.2) is 0 Å². The van der Waals surface area contributed by atoms with Gasteiger partial charge in [0.05, 0.1) is 12.8 Å². The molecule has 1 aliphatic carbocycles. The van der Waals surface area contributed by atoms with Crippen molar-refractivity contribution in [3.05, 3.63) is 59.1 Å². The Morgan fingerprint density at radius 1 is 1.07 bits per heavy atom. The Bertz CT molecular complexity index is 909. The fraction of sp³-hybridized carbons (Fsp3) is 0.391. The van der Waals surface area contributed by atoms with Gasteiger partial charge >= 0.3 is 0 Å². The molecule has 5 nitrogen and oxygen atoms in total. The molecule has 1 aliphatic heterocycles. The van der Waals surface area contributed by atoms with E-state index < -0.39 is 0 Å². The maximum atomic E-state index is 12.9. The number of carbonyl (C=O) groups is 2. The molecule has 2 amide bonds. The van der Waals surface area contributed by atoms with Gasteiger partial charge in [0.1, 0.15) is 5.75 Å². The second kappa shape index (κ2) is 8.46. The summed E-state index contributed by atoms with van der Waals surface area (Å²) in [5.74, 6) is 0.979. The fourth-order valence-corrected chi connectivity index (χ4v) is 4.44. The van der Waals surface area contributed by atoms with Crippen LogP contribution in [0.25, 0.3) is 0 Å². The van der Waals surface area contributed by atoms with Crippen molar-refractivity contribution in [1.29, 1.82) is 0 Å². The van der Waals surface area contributed by atoms with Gasteiger partial charge in [0.2, 0.25) is 11.8 Å². The minimum Gasteiger partial charge on any atom is -0.495 e. The lowest BCUT2D eigenvalue weighted by molar-refractivity contribution is -0.135. The molecular formula is C23H25ClN2O3. The number of hydrogen-bond acceptors (Lipinski definition) is 3. The average Bonchev–Trinajstić information content (AvgIpc) is 3.54. The number of carbonyl (C=O) groups excluding carboxylic acids is 2. The van der Waals surface area contributed by atoms with Crippen molar-refractivity contribution in [2.24, 2.45) is 11.8 Å². The highest BCUT2D eigenvalue weighted by molar-refractivity contribution is 6.31. The standard InChI is InChI=1S/C23H25ClN2O3/c1-29-21-9-5-4-8-20(21)25-22(27)15-10-12-26(13-11-15)23(28)18-14-17(18)16-6-2-3-7-19(16)24/h2-9,15,17-18H,10-14H2,1H3,(H,25,27). The number of piperidine rings is 1. The van der Waals surface area contributed by atoms with Crippen LogP contribution in [0.3, 0.4) is 0 Å². The summed E-state index contributed by atoms with van der Waals surface area (Å²) < 4.78 is 5.29. The first-order chi connectivity index (χ1) is 14.1. The number of halogens is 1. The molecular weight excluding hydrogens is 388 g/mol. The Morgan fingerprint density at radius 3 is 2.48 bits per heavy atom. The van der Waals surface area contributed by atoms with E-state index in [4.69, 9.17) is 16.3 Å². The smallest absolute Gasteiger partial charge is 0.227 e. The van der Waals surface area contributed by atoms with Crippen molar-refractivity contribution in [2.75, 3.05) is 25.5 Å². The Kier molecular flexibility index (Phi) is 5.76. The van der Waals surface area contributed by atoms with E-state index in [0.29, 0.717) is 37.4 Å². The van der Waals surface area contributed by atoms with Gasteiger partial charge in [-0.15, -0.1) is 0 Å². The van der Waals surface area contributed by atoms with E-state index in [1.807, 2.05) is 53.4 Å². The minimum absolute atomic E-state index is 0.0121. The first-order valence-corrected chi connectivity index (χ1v) is 10.4. The van der Waals surface area contributed by atoms with E-state index in [2.05, 4.69) is 5.32 Å². The predicted molar refractivity (Wildman–Crippen MR) is 113 cm³/mol. The number of anilines is 1. The molecule has 1 heterocycles. The molecule has 1 saturated heterocycles. The lowest BCUT2D eigenvalue weighted by Gasteiger charge is -2.31. The van der Waals surface area contributed by atoms with Crippen LogP contribution in [0.15, 0.2) is 48.5 Å². The second-order valence-electron chi connectivity index (χ2n) is 7.76. The molecule has 2 atom stereocenters. The first-order valence-electron chi connectivity index (χ1n) is 10.1. The average molecular weight is 413 g/mol. The molecule has 6 heteroatoms. The van der Waals surface area contributed by atoms with Crippen LogP contribution >= 0.6 is 11.6 Å². The highest BCUT2D eigenvalue weighted by atomic mass is 35.5. The Balaban J connectivity index is 1.30. The van der Waals surface area contributed by atoms with E-state index in [-0.39, 0.29) is 29.6 Å². The molecule has 152 valence electrons. The van der Waals surface area contributed by atoms with Crippen molar-refractivity contribution < 1.29 is 14.3 Å². The normalized spacial score (nSPS) is 21.5. The summed E-state index contributed by atoms with van der Waals surface area (Å²) in [7, 11) is 1.59. The van der Waals surface area contributed by atoms with Crippen LogP contribution in [0.5, 0.6) is 5.75 Å². The number of methoxy groups -OCH3 is 1. The zero-order valence-corrected chi connectivity index (χ0v) is 17.2. The zero-order valence-electron chi connectivity index (χ0n) is 16.4. The molecule has 2 aromatic rings. The molecule has 2 aliphatic rings. The maximum absolute atomic E-state index is 12.9. The third-order valence-electron chi connectivity index (χ3n) is 5.95. The summed E-state index contributed by atoms with van der Waals surface area (Å²) in [5, 5.41) is 3.70. The Labute approximate surface area is 176 Å². The van der Waals surface area contributed by atoms with Crippen molar-refractivity contribution in [3.63, 3.8) is 0 Å². The summed E-state index contributed by atoms with van der Waals surface area (Å²) in [6.45, 7) is 1.24. The third-order valence-corrected chi connectivity index (χ3v) is 6.30. The van der Waals surface area contributed by atoms with Gasteiger partial charge < -0.3 is 15.0 Å². The van der Waals surface area contributed by atoms with Crippen molar-refractivity contribution in [1.82, 2.24) is 4.90 Å². The molecule has 1 saturated carbocycles. The molecule has 0 bridgehead atoms. The number of ether oxygens (including phenoxy) is 1. The van der Waals surface area contributed by atoms with Gasteiger partial charge in [-0.1, -0.05) is 41.9 Å². The number of nitrogens with one attached hydrogen (secondary N) is 1. The lowest BCUT2D eigenvalue weighted by atomic mass is 9.95. The molecule has 4 rings (SSSR count). The van der Waals surface area contributed by atoms with E-state index in [0.717, 1.165) is 17.0 Å². The van der Waals surface area contributed by atoms with Crippen LogP contribution < -0.4 is 10.1 Å². The van der Waals surface area contributed by atoms with Crippen LogP contribution in [-0.4, -0.2) is 36.9 Å². The molecule has 2 aromatic carbocycles.